The molecule has 0 radical (unpaired) electrons. The molecule has 0 atom stereocenters. The number of anilines is 1. The van der Waals surface area contributed by atoms with E-state index in [-0.39, 0.29) is 0 Å². The molecule has 2 N–H and O–H groups in total. The summed E-state index contributed by atoms with van der Waals surface area (Å²) in [6.07, 6.45) is 3.77. The largest absolute Gasteiger partial charge is 0.450 e. The summed E-state index contributed by atoms with van der Waals surface area (Å²) < 4.78 is 6.05. The first-order valence-electron chi connectivity index (χ1n) is 9.30. The molecule has 0 bridgehead atoms. The van der Waals surface area contributed by atoms with Crippen LogP contribution >= 0.6 is 0 Å². The van der Waals surface area contributed by atoms with E-state index in [0.29, 0.717) is 0 Å². The Hall–Kier alpha value is -3.34. The fourth-order valence-corrected chi connectivity index (χ4v) is 3.57. The minimum Gasteiger partial charge on any atom is -0.450 e. The van der Waals surface area contributed by atoms with E-state index in [1.54, 1.807) is 0 Å². The first kappa shape index (κ1) is 15.9. The van der Waals surface area contributed by atoms with Crippen molar-refractivity contribution in [3.05, 3.63) is 66.1 Å². The van der Waals surface area contributed by atoms with Gasteiger partial charge in [-0.15, -0.1) is 0 Å². The molecule has 2 aromatic carbocycles. The van der Waals surface area contributed by atoms with E-state index < -0.39 is 0 Å². The highest BCUT2D eigenvalue weighted by Crippen LogP contribution is 2.31. The molecule has 3 heterocycles. The number of aryl methyl sites for hydroxylation is 1. The molecule has 0 aliphatic rings. The highest BCUT2D eigenvalue weighted by molar-refractivity contribution is 6.05. The van der Waals surface area contributed by atoms with Crippen molar-refractivity contribution in [2.24, 2.45) is 0 Å². The van der Waals surface area contributed by atoms with Gasteiger partial charge in [-0.05, 0) is 30.2 Å². The predicted molar refractivity (Wildman–Crippen MR) is 109 cm³/mol. The standard InChI is InChI=1S/C22H20N4O/c1-2-19-25-20-16-8-4-6-10-18(16)27-21(20)22(26-19)23-12-11-14-13-24-17-9-5-3-7-15(14)17/h3-10,13,24H,2,11-12H2,1H3,(H,23,25,26). The van der Waals surface area contributed by atoms with Crippen LogP contribution in [0.25, 0.3) is 33.0 Å². The molecule has 0 fully saturated rings. The van der Waals surface area contributed by atoms with Crippen LogP contribution in [0.2, 0.25) is 0 Å². The predicted octanol–water partition coefficient (Wildman–Crippen LogP) is 5.07. The third kappa shape index (κ3) is 2.72. The maximum Gasteiger partial charge on any atom is 0.196 e. The van der Waals surface area contributed by atoms with Crippen LogP contribution in [-0.2, 0) is 12.8 Å². The van der Waals surface area contributed by atoms with Gasteiger partial charge in [0.05, 0.1) is 0 Å². The maximum absolute atomic E-state index is 6.05. The second kappa shape index (κ2) is 6.43. The van der Waals surface area contributed by atoms with Crippen molar-refractivity contribution in [2.75, 3.05) is 11.9 Å². The maximum atomic E-state index is 6.05. The minimum atomic E-state index is 0.729. The summed E-state index contributed by atoms with van der Waals surface area (Å²) in [4.78, 5) is 12.7. The Kier molecular flexibility index (Phi) is 3.78. The first-order chi connectivity index (χ1) is 13.3. The molecule has 5 nitrogen and oxygen atoms in total. The molecule has 3 aromatic heterocycles. The number of furan rings is 1. The van der Waals surface area contributed by atoms with E-state index in [1.165, 1.54) is 16.5 Å². The zero-order chi connectivity index (χ0) is 18.2. The minimum absolute atomic E-state index is 0.729. The topological polar surface area (TPSA) is 66.7 Å². The third-order valence-corrected chi connectivity index (χ3v) is 4.94. The van der Waals surface area contributed by atoms with Crippen molar-refractivity contribution < 1.29 is 4.42 Å². The lowest BCUT2D eigenvalue weighted by molar-refractivity contribution is 0.665. The molecule has 0 amide bonds. The number of hydrogen-bond acceptors (Lipinski definition) is 4. The average molecular weight is 356 g/mol. The van der Waals surface area contributed by atoms with Crippen LogP contribution in [0.15, 0.2) is 59.1 Å². The lowest BCUT2D eigenvalue weighted by atomic mass is 10.1. The van der Waals surface area contributed by atoms with Crippen LogP contribution in [-0.4, -0.2) is 21.5 Å². The van der Waals surface area contributed by atoms with Crippen molar-refractivity contribution in [3.8, 4) is 0 Å². The number of benzene rings is 2. The van der Waals surface area contributed by atoms with Gasteiger partial charge in [0, 0.05) is 35.5 Å². The molecule has 5 rings (SSSR count). The zero-order valence-corrected chi connectivity index (χ0v) is 15.1. The fourth-order valence-electron chi connectivity index (χ4n) is 3.57. The van der Waals surface area contributed by atoms with E-state index in [2.05, 4.69) is 46.6 Å². The highest BCUT2D eigenvalue weighted by Gasteiger charge is 2.15. The summed E-state index contributed by atoms with van der Waals surface area (Å²) >= 11 is 0. The van der Waals surface area contributed by atoms with Crippen molar-refractivity contribution in [1.82, 2.24) is 15.0 Å². The van der Waals surface area contributed by atoms with Gasteiger partial charge in [0.2, 0.25) is 0 Å². The lowest BCUT2D eigenvalue weighted by Crippen LogP contribution is -2.08. The average Bonchev–Trinajstić information content (AvgIpc) is 3.29. The second-order valence-corrected chi connectivity index (χ2v) is 6.65. The van der Waals surface area contributed by atoms with Gasteiger partial charge >= 0.3 is 0 Å². The van der Waals surface area contributed by atoms with Crippen LogP contribution in [0.5, 0.6) is 0 Å². The van der Waals surface area contributed by atoms with Gasteiger partial charge in [-0.1, -0.05) is 37.3 Å². The Morgan fingerprint density at radius 3 is 2.70 bits per heavy atom. The van der Waals surface area contributed by atoms with Gasteiger partial charge in [-0.25, -0.2) is 9.97 Å². The van der Waals surface area contributed by atoms with Gasteiger partial charge in [-0.2, -0.15) is 0 Å². The van der Waals surface area contributed by atoms with Crippen LogP contribution in [0.4, 0.5) is 5.82 Å². The molecule has 0 aliphatic heterocycles. The van der Waals surface area contributed by atoms with Gasteiger partial charge in [-0.3, -0.25) is 0 Å². The summed E-state index contributed by atoms with van der Waals surface area (Å²) in [6, 6.07) is 16.4. The number of aromatic nitrogens is 3. The highest BCUT2D eigenvalue weighted by atomic mass is 16.3. The summed E-state index contributed by atoms with van der Waals surface area (Å²) in [5, 5.41) is 5.77. The smallest absolute Gasteiger partial charge is 0.196 e. The van der Waals surface area contributed by atoms with Crippen molar-refractivity contribution >= 4 is 38.8 Å². The number of rotatable bonds is 5. The van der Waals surface area contributed by atoms with Gasteiger partial charge in [0.25, 0.3) is 0 Å². The number of aromatic amines is 1. The molecule has 0 spiro atoms. The Morgan fingerprint density at radius 2 is 1.81 bits per heavy atom. The molecule has 0 saturated carbocycles. The van der Waals surface area contributed by atoms with Gasteiger partial charge in [0.1, 0.15) is 16.9 Å². The van der Waals surface area contributed by atoms with Gasteiger partial charge < -0.3 is 14.7 Å². The summed E-state index contributed by atoms with van der Waals surface area (Å²) in [7, 11) is 0. The number of fused-ring (bicyclic) bond motifs is 4. The lowest BCUT2D eigenvalue weighted by Gasteiger charge is -2.07. The molecule has 5 aromatic rings. The zero-order valence-electron chi connectivity index (χ0n) is 15.1. The monoisotopic (exact) mass is 356 g/mol. The number of nitrogens with one attached hydrogen (secondary N) is 2. The van der Waals surface area contributed by atoms with Crippen molar-refractivity contribution in [2.45, 2.75) is 19.8 Å². The van der Waals surface area contributed by atoms with Crippen LogP contribution in [0.3, 0.4) is 0 Å². The van der Waals surface area contributed by atoms with E-state index in [9.17, 15) is 0 Å². The van der Waals surface area contributed by atoms with E-state index >= 15 is 0 Å². The van der Waals surface area contributed by atoms with Crippen LogP contribution < -0.4 is 5.32 Å². The summed E-state index contributed by atoms with van der Waals surface area (Å²) in [5.74, 6) is 1.59. The molecule has 0 saturated heterocycles. The number of para-hydroxylation sites is 2. The molecule has 27 heavy (non-hydrogen) atoms. The van der Waals surface area contributed by atoms with Crippen molar-refractivity contribution in [1.29, 1.82) is 0 Å². The molecule has 134 valence electrons. The number of H-pyrrole nitrogens is 1. The SMILES string of the molecule is CCc1nc(NCCc2c[nH]c3ccccc23)c2oc3ccccc3c2n1. The molecule has 0 aliphatic carbocycles. The van der Waals surface area contributed by atoms with E-state index in [0.717, 1.165) is 53.1 Å². The molecular formula is C22H20N4O. The molecular weight excluding hydrogens is 336 g/mol. The quantitative estimate of drug-likeness (QED) is 0.461. The second-order valence-electron chi connectivity index (χ2n) is 6.65. The normalized spacial score (nSPS) is 11.6. The van der Waals surface area contributed by atoms with Crippen molar-refractivity contribution in [3.63, 3.8) is 0 Å². The summed E-state index contributed by atoms with van der Waals surface area (Å²) in [6.45, 7) is 2.84. The van der Waals surface area contributed by atoms with Crippen LogP contribution in [0.1, 0.15) is 18.3 Å². The molecule has 5 heteroatoms. The number of hydrogen-bond donors (Lipinski definition) is 2. The Bertz CT molecular complexity index is 1250. The van der Waals surface area contributed by atoms with E-state index in [4.69, 9.17) is 9.40 Å². The number of nitrogens with zero attached hydrogens (tertiary/aromatic N) is 2. The van der Waals surface area contributed by atoms with Crippen LogP contribution in [0, 0.1) is 0 Å². The Labute approximate surface area is 156 Å². The first-order valence-corrected chi connectivity index (χ1v) is 9.30. The molecule has 0 unspecified atom stereocenters. The Morgan fingerprint density at radius 1 is 1.00 bits per heavy atom. The Balaban J connectivity index is 1.47. The van der Waals surface area contributed by atoms with E-state index in [1.807, 2.05) is 30.3 Å². The third-order valence-electron chi connectivity index (χ3n) is 4.94. The fraction of sp³-hybridized carbons (Fsp3) is 0.182. The van der Waals surface area contributed by atoms with Gasteiger partial charge in [0.15, 0.2) is 11.4 Å². The summed E-state index contributed by atoms with van der Waals surface area (Å²) in [5.41, 5.74) is 4.92.